The molecule has 4 aromatic rings. The molecule has 0 saturated heterocycles. The molecular weight excluding hydrogens is 420 g/mol. The van der Waals surface area contributed by atoms with Gasteiger partial charge in [-0.15, -0.1) is 11.3 Å². The topological polar surface area (TPSA) is 127 Å². The van der Waals surface area contributed by atoms with E-state index in [2.05, 4.69) is 10.5 Å². The van der Waals surface area contributed by atoms with Crippen LogP contribution in [-0.4, -0.2) is 32.7 Å². The number of benzene rings is 2. The number of nitro benzene ring substituents is 1. The lowest BCUT2D eigenvalue weighted by molar-refractivity contribution is -0.384. The minimum Gasteiger partial charge on any atom is -0.478 e. The number of hydrogen-bond donors (Lipinski definition) is 2. The van der Waals surface area contributed by atoms with Crippen LogP contribution in [0.4, 0.5) is 5.69 Å². The molecule has 2 N–H and O–H groups in total. The largest absolute Gasteiger partial charge is 0.478 e. The van der Waals surface area contributed by atoms with Gasteiger partial charge in [0.15, 0.2) is 0 Å². The van der Waals surface area contributed by atoms with E-state index < -0.39 is 16.8 Å². The molecule has 0 aliphatic rings. The van der Waals surface area contributed by atoms with Crippen molar-refractivity contribution in [3.63, 3.8) is 0 Å². The van der Waals surface area contributed by atoms with Crippen molar-refractivity contribution >= 4 is 45.2 Å². The lowest BCUT2D eigenvalue weighted by Crippen LogP contribution is -2.16. The zero-order valence-electron chi connectivity index (χ0n) is 15.8. The number of carbonyl (C=O) groups excluding carboxylic acids is 1. The highest BCUT2D eigenvalue weighted by Gasteiger charge is 2.13. The van der Waals surface area contributed by atoms with Crippen LogP contribution in [0, 0.1) is 10.1 Å². The van der Waals surface area contributed by atoms with Crippen molar-refractivity contribution in [3.8, 4) is 5.69 Å². The van der Waals surface area contributed by atoms with E-state index in [9.17, 15) is 19.7 Å². The SMILES string of the molecule is O=C(O)c1cccc(-n2cccc2/C=N\NC(=O)c2cc3cc([N+](=O)[O-])ccc3s2)c1. The van der Waals surface area contributed by atoms with Crippen molar-refractivity contribution in [2.45, 2.75) is 0 Å². The van der Waals surface area contributed by atoms with Crippen LogP contribution in [0.25, 0.3) is 15.8 Å². The highest BCUT2D eigenvalue weighted by Crippen LogP contribution is 2.28. The number of hydrazone groups is 1. The van der Waals surface area contributed by atoms with Gasteiger partial charge in [-0.25, -0.2) is 10.2 Å². The molecule has 31 heavy (non-hydrogen) atoms. The molecule has 4 rings (SSSR count). The number of amides is 1. The van der Waals surface area contributed by atoms with Gasteiger partial charge in [0.2, 0.25) is 0 Å². The number of carboxylic acid groups (broad SMARTS) is 1. The molecule has 0 spiro atoms. The minimum atomic E-state index is -1.02. The number of nitrogens with zero attached hydrogens (tertiary/aromatic N) is 3. The molecule has 0 fully saturated rings. The Bertz CT molecular complexity index is 1350. The maximum Gasteiger partial charge on any atom is 0.335 e. The Hall–Kier alpha value is -4.31. The summed E-state index contributed by atoms with van der Waals surface area (Å²) in [5.74, 6) is -1.46. The molecule has 2 aromatic carbocycles. The summed E-state index contributed by atoms with van der Waals surface area (Å²) in [7, 11) is 0. The van der Waals surface area contributed by atoms with Crippen LogP contribution in [0.1, 0.15) is 25.7 Å². The van der Waals surface area contributed by atoms with Crippen molar-refractivity contribution in [3.05, 3.63) is 93.1 Å². The summed E-state index contributed by atoms with van der Waals surface area (Å²) in [5, 5.41) is 24.7. The van der Waals surface area contributed by atoms with E-state index >= 15 is 0 Å². The quantitative estimate of drug-likeness (QED) is 0.269. The second-order valence-electron chi connectivity index (χ2n) is 6.45. The standard InChI is InChI=1S/C21H14N4O5S/c26-20(19-11-14-10-16(25(29)30)6-7-18(14)31-19)23-22-12-17-5-2-8-24(17)15-4-1-3-13(9-15)21(27)28/h1-12H,(H,23,26)(H,27,28)/b22-12-. The molecule has 9 nitrogen and oxygen atoms in total. The number of rotatable bonds is 6. The van der Waals surface area contributed by atoms with Crippen LogP contribution in [0.5, 0.6) is 0 Å². The molecule has 0 radical (unpaired) electrons. The van der Waals surface area contributed by atoms with Gasteiger partial charge in [-0.2, -0.15) is 5.10 Å². The molecule has 2 aromatic heterocycles. The maximum absolute atomic E-state index is 12.4. The highest BCUT2D eigenvalue weighted by molar-refractivity contribution is 7.20. The van der Waals surface area contributed by atoms with Crippen molar-refractivity contribution < 1.29 is 19.6 Å². The van der Waals surface area contributed by atoms with Gasteiger partial charge in [0.25, 0.3) is 11.6 Å². The zero-order chi connectivity index (χ0) is 22.0. The normalized spacial score (nSPS) is 11.1. The lowest BCUT2D eigenvalue weighted by atomic mass is 10.2. The fourth-order valence-corrected chi connectivity index (χ4v) is 3.92. The fourth-order valence-electron chi connectivity index (χ4n) is 2.99. The van der Waals surface area contributed by atoms with E-state index in [1.165, 1.54) is 41.8 Å². The van der Waals surface area contributed by atoms with Crippen molar-refractivity contribution in [2.24, 2.45) is 5.10 Å². The summed E-state index contributed by atoms with van der Waals surface area (Å²) in [6.45, 7) is 0. The summed E-state index contributed by atoms with van der Waals surface area (Å²) in [6, 6.07) is 16.0. The summed E-state index contributed by atoms with van der Waals surface area (Å²) in [5.41, 5.74) is 3.84. The van der Waals surface area contributed by atoms with Crippen LogP contribution in [-0.2, 0) is 0 Å². The van der Waals surface area contributed by atoms with E-state index in [0.29, 0.717) is 21.6 Å². The van der Waals surface area contributed by atoms with Gasteiger partial charge < -0.3 is 9.67 Å². The maximum atomic E-state index is 12.4. The van der Waals surface area contributed by atoms with Gasteiger partial charge in [-0.3, -0.25) is 14.9 Å². The van der Waals surface area contributed by atoms with Gasteiger partial charge in [0.1, 0.15) is 0 Å². The van der Waals surface area contributed by atoms with E-state index in [1.807, 2.05) is 0 Å². The van der Waals surface area contributed by atoms with Crippen LogP contribution >= 0.6 is 11.3 Å². The average Bonchev–Trinajstić information content (AvgIpc) is 3.40. The van der Waals surface area contributed by atoms with E-state index in [4.69, 9.17) is 5.11 Å². The summed E-state index contributed by atoms with van der Waals surface area (Å²) < 4.78 is 2.49. The number of non-ortho nitro benzene ring substituents is 1. The molecule has 0 aliphatic heterocycles. The Balaban J connectivity index is 1.51. The first-order chi connectivity index (χ1) is 14.9. The fraction of sp³-hybridized carbons (Fsp3) is 0. The first-order valence-corrected chi connectivity index (χ1v) is 9.76. The van der Waals surface area contributed by atoms with Crippen LogP contribution in [0.15, 0.2) is 72.0 Å². The molecule has 1 amide bonds. The molecule has 0 saturated carbocycles. The molecule has 0 atom stereocenters. The van der Waals surface area contributed by atoms with Crippen LogP contribution in [0.3, 0.4) is 0 Å². The minimum absolute atomic E-state index is 0.0389. The first-order valence-electron chi connectivity index (χ1n) is 8.95. The zero-order valence-corrected chi connectivity index (χ0v) is 16.6. The monoisotopic (exact) mass is 434 g/mol. The summed E-state index contributed by atoms with van der Waals surface area (Å²) in [4.78, 5) is 34.4. The van der Waals surface area contributed by atoms with E-state index in [-0.39, 0.29) is 11.3 Å². The number of nitro groups is 1. The Labute approximate surface area is 179 Å². The number of nitrogens with one attached hydrogen (secondary N) is 1. The highest BCUT2D eigenvalue weighted by atomic mass is 32.1. The molecule has 0 aliphatic carbocycles. The molecule has 0 bridgehead atoms. The Morgan fingerprint density at radius 2 is 1.97 bits per heavy atom. The van der Waals surface area contributed by atoms with E-state index in [1.54, 1.807) is 47.2 Å². The van der Waals surface area contributed by atoms with Crippen LogP contribution < -0.4 is 5.43 Å². The van der Waals surface area contributed by atoms with Crippen molar-refractivity contribution in [1.82, 2.24) is 9.99 Å². The van der Waals surface area contributed by atoms with Crippen LogP contribution in [0.2, 0.25) is 0 Å². The smallest absolute Gasteiger partial charge is 0.335 e. The lowest BCUT2D eigenvalue weighted by Gasteiger charge is -2.07. The van der Waals surface area contributed by atoms with Gasteiger partial charge in [-0.1, -0.05) is 6.07 Å². The number of carboxylic acids is 1. The Morgan fingerprint density at radius 1 is 1.13 bits per heavy atom. The molecule has 2 heterocycles. The van der Waals surface area contributed by atoms with Gasteiger partial charge >= 0.3 is 5.97 Å². The second kappa shape index (κ2) is 8.20. The van der Waals surface area contributed by atoms with E-state index in [0.717, 1.165) is 4.70 Å². The number of fused-ring (bicyclic) bond motifs is 1. The van der Waals surface area contributed by atoms with Crippen molar-refractivity contribution in [1.29, 1.82) is 0 Å². The third-order valence-corrected chi connectivity index (χ3v) is 5.56. The number of thiophene rings is 1. The average molecular weight is 434 g/mol. The summed E-state index contributed by atoms with van der Waals surface area (Å²) in [6.07, 6.45) is 3.20. The van der Waals surface area contributed by atoms with Gasteiger partial charge in [0.05, 0.1) is 27.3 Å². The molecule has 0 unspecified atom stereocenters. The first kappa shape index (κ1) is 20.0. The number of hydrogen-bond acceptors (Lipinski definition) is 6. The number of aromatic nitrogens is 1. The predicted molar refractivity (Wildman–Crippen MR) is 116 cm³/mol. The second-order valence-corrected chi connectivity index (χ2v) is 7.53. The Morgan fingerprint density at radius 3 is 2.74 bits per heavy atom. The van der Waals surface area contributed by atoms with Gasteiger partial charge in [0, 0.05) is 34.1 Å². The Kier molecular flexibility index (Phi) is 5.29. The summed E-state index contributed by atoms with van der Waals surface area (Å²) >= 11 is 1.21. The number of carbonyl (C=O) groups is 2. The van der Waals surface area contributed by atoms with Crippen molar-refractivity contribution in [2.75, 3.05) is 0 Å². The molecule has 154 valence electrons. The third kappa shape index (κ3) is 4.19. The van der Waals surface area contributed by atoms with Gasteiger partial charge in [-0.05, 0) is 42.5 Å². The number of aromatic carboxylic acids is 1. The third-order valence-electron chi connectivity index (χ3n) is 4.45. The predicted octanol–water partition coefficient (Wildman–Crippen LogP) is 4.06. The molecular formula is C21H14N4O5S. The molecule has 10 heteroatoms.